The van der Waals surface area contributed by atoms with Crippen LogP contribution in [0.4, 0.5) is 0 Å². The van der Waals surface area contributed by atoms with Crippen LogP contribution in [-0.2, 0) is 9.53 Å². The lowest BCUT2D eigenvalue weighted by molar-refractivity contribution is -0.123. The van der Waals surface area contributed by atoms with Crippen LogP contribution in [0.15, 0.2) is 0 Å². The van der Waals surface area contributed by atoms with Crippen LogP contribution in [0, 0.1) is 17.3 Å². The Balaban J connectivity index is 1.71. The van der Waals surface area contributed by atoms with Crippen LogP contribution in [0.25, 0.3) is 0 Å². The molecule has 2 aliphatic heterocycles. The first-order chi connectivity index (χ1) is 9.97. The molecule has 4 nitrogen and oxygen atoms in total. The van der Waals surface area contributed by atoms with Gasteiger partial charge in [-0.2, -0.15) is 0 Å². The zero-order chi connectivity index (χ0) is 15.3. The largest absolute Gasteiger partial charge is 0.377 e. The Morgan fingerprint density at radius 2 is 2.14 bits per heavy atom. The Morgan fingerprint density at radius 3 is 2.81 bits per heavy atom. The summed E-state index contributed by atoms with van der Waals surface area (Å²) in [6, 6.07) is 0. The molecule has 0 bridgehead atoms. The maximum absolute atomic E-state index is 12.0. The van der Waals surface area contributed by atoms with Crippen LogP contribution in [0.2, 0.25) is 0 Å². The Morgan fingerprint density at radius 1 is 1.33 bits per heavy atom. The molecule has 3 unspecified atom stereocenters. The van der Waals surface area contributed by atoms with Crippen LogP contribution >= 0.6 is 0 Å². The molecule has 2 saturated heterocycles. The predicted octanol–water partition coefficient (Wildman–Crippen LogP) is 2.33. The van der Waals surface area contributed by atoms with Gasteiger partial charge in [0.1, 0.15) is 0 Å². The molecule has 122 valence electrons. The number of rotatable bonds is 5. The molecule has 1 amide bonds. The van der Waals surface area contributed by atoms with Crippen molar-refractivity contribution in [2.24, 2.45) is 17.3 Å². The third-order valence-electron chi connectivity index (χ3n) is 4.80. The number of nitrogens with one attached hydrogen (secondary N) is 2. The van der Waals surface area contributed by atoms with Crippen LogP contribution in [-0.4, -0.2) is 38.3 Å². The first-order valence-electron chi connectivity index (χ1n) is 8.56. The smallest absolute Gasteiger partial charge is 0.220 e. The number of carbonyl (C=O) groups is 1. The van der Waals surface area contributed by atoms with Gasteiger partial charge in [0.25, 0.3) is 0 Å². The Hall–Kier alpha value is -0.610. The molecule has 3 atom stereocenters. The summed E-state index contributed by atoms with van der Waals surface area (Å²) >= 11 is 0. The van der Waals surface area contributed by atoms with Crippen molar-refractivity contribution in [1.82, 2.24) is 10.6 Å². The zero-order valence-electron chi connectivity index (χ0n) is 13.9. The van der Waals surface area contributed by atoms with E-state index in [1.165, 1.54) is 6.42 Å². The maximum Gasteiger partial charge on any atom is 0.220 e. The topological polar surface area (TPSA) is 50.4 Å². The third-order valence-corrected chi connectivity index (χ3v) is 4.80. The second-order valence-electron chi connectivity index (χ2n) is 7.76. The average Bonchev–Trinajstić information content (AvgIpc) is 2.95. The van der Waals surface area contributed by atoms with Gasteiger partial charge in [-0.25, -0.2) is 0 Å². The van der Waals surface area contributed by atoms with E-state index in [9.17, 15) is 4.79 Å². The lowest BCUT2D eigenvalue weighted by Crippen LogP contribution is -2.45. The molecule has 0 aromatic heterocycles. The monoisotopic (exact) mass is 296 g/mol. The van der Waals surface area contributed by atoms with Gasteiger partial charge < -0.3 is 15.4 Å². The summed E-state index contributed by atoms with van der Waals surface area (Å²) in [6.45, 7) is 10.5. The minimum absolute atomic E-state index is 0.144. The van der Waals surface area contributed by atoms with Gasteiger partial charge >= 0.3 is 0 Å². The van der Waals surface area contributed by atoms with Gasteiger partial charge in [-0.3, -0.25) is 4.79 Å². The lowest BCUT2D eigenvalue weighted by atomic mass is 9.78. The fourth-order valence-electron chi connectivity index (χ4n) is 3.64. The molecule has 0 saturated carbocycles. The van der Waals surface area contributed by atoms with E-state index in [4.69, 9.17) is 4.74 Å². The van der Waals surface area contributed by atoms with E-state index in [1.807, 2.05) is 0 Å². The van der Waals surface area contributed by atoms with E-state index in [-0.39, 0.29) is 17.4 Å². The lowest BCUT2D eigenvalue weighted by Gasteiger charge is -2.40. The van der Waals surface area contributed by atoms with Gasteiger partial charge in [0.15, 0.2) is 0 Å². The highest BCUT2D eigenvalue weighted by atomic mass is 16.5. The minimum Gasteiger partial charge on any atom is -0.377 e. The molecule has 0 aromatic carbocycles. The van der Waals surface area contributed by atoms with Crippen molar-refractivity contribution in [3.63, 3.8) is 0 Å². The minimum atomic E-state index is 0.144. The molecule has 2 aliphatic rings. The molecule has 0 radical (unpaired) electrons. The van der Waals surface area contributed by atoms with Crippen LogP contribution in [0.5, 0.6) is 0 Å². The number of amides is 1. The van der Waals surface area contributed by atoms with Gasteiger partial charge in [-0.1, -0.05) is 20.8 Å². The van der Waals surface area contributed by atoms with Crippen molar-refractivity contribution in [3.05, 3.63) is 0 Å². The molecule has 2 fully saturated rings. The summed E-state index contributed by atoms with van der Waals surface area (Å²) in [5.41, 5.74) is 0.144. The third kappa shape index (κ3) is 5.26. The molecular weight excluding hydrogens is 264 g/mol. The highest BCUT2D eigenvalue weighted by Crippen LogP contribution is 2.33. The van der Waals surface area contributed by atoms with E-state index < -0.39 is 0 Å². The van der Waals surface area contributed by atoms with Crippen molar-refractivity contribution >= 4 is 5.91 Å². The Kier molecular flexibility index (Phi) is 6.06. The van der Waals surface area contributed by atoms with Gasteiger partial charge in [0, 0.05) is 25.5 Å². The first-order valence-corrected chi connectivity index (χ1v) is 8.56. The number of ether oxygens (including phenoxy) is 1. The van der Waals surface area contributed by atoms with Crippen molar-refractivity contribution in [2.75, 3.05) is 26.2 Å². The highest BCUT2D eigenvalue weighted by Gasteiger charge is 2.35. The second-order valence-corrected chi connectivity index (χ2v) is 7.76. The van der Waals surface area contributed by atoms with E-state index in [2.05, 4.69) is 31.4 Å². The molecule has 2 heterocycles. The Labute approximate surface area is 129 Å². The van der Waals surface area contributed by atoms with E-state index in [1.54, 1.807) is 0 Å². The van der Waals surface area contributed by atoms with Crippen molar-refractivity contribution < 1.29 is 9.53 Å². The van der Waals surface area contributed by atoms with E-state index in [0.29, 0.717) is 18.3 Å². The Bertz CT molecular complexity index is 332. The summed E-state index contributed by atoms with van der Waals surface area (Å²) in [5.74, 6) is 1.35. The average molecular weight is 296 g/mol. The first kappa shape index (κ1) is 16.8. The molecule has 0 aliphatic carbocycles. The molecule has 2 N–H and O–H groups in total. The van der Waals surface area contributed by atoms with Crippen molar-refractivity contribution in [2.45, 2.75) is 59.0 Å². The summed E-state index contributed by atoms with van der Waals surface area (Å²) in [6.07, 6.45) is 5.43. The van der Waals surface area contributed by atoms with Gasteiger partial charge in [0.05, 0.1) is 6.10 Å². The molecule has 0 aromatic rings. The predicted molar refractivity (Wildman–Crippen MR) is 85.1 cm³/mol. The summed E-state index contributed by atoms with van der Waals surface area (Å²) < 4.78 is 5.97. The quantitative estimate of drug-likeness (QED) is 0.818. The van der Waals surface area contributed by atoms with Gasteiger partial charge in [0.2, 0.25) is 5.91 Å². The van der Waals surface area contributed by atoms with Crippen molar-refractivity contribution in [3.8, 4) is 0 Å². The van der Waals surface area contributed by atoms with Crippen LogP contribution < -0.4 is 10.6 Å². The highest BCUT2D eigenvalue weighted by molar-refractivity contribution is 5.75. The molecule has 2 rings (SSSR count). The maximum atomic E-state index is 12.0. The van der Waals surface area contributed by atoms with Gasteiger partial charge in [-0.05, 0) is 50.1 Å². The summed E-state index contributed by atoms with van der Waals surface area (Å²) in [5, 5.41) is 6.49. The number of carbonyl (C=O) groups excluding carboxylic acids is 1. The normalized spacial score (nSPS) is 30.3. The fraction of sp³-hybridized carbons (Fsp3) is 0.941. The van der Waals surface area contributed by atoms with E-state index in [0.717, 1.165) is 45.5 Å². The molecular formula is C17H32N2O2. The molecule has 21 heavy (non-hydrogen) atoms. The SMILES string of the molecule is CC(C)(C)C1OCCCC1CNC(=O)CCC1CCNC1. The molecule has 0 spiro atoms. The van der Waals surface area contributed by atoms with E-state index >= 15 is 0 Å². The summed E-state index contributed by atoms with van der Waals surface area (Å²) in [7, 11) is 0. The molecule has 4 heteroatoms. The number of hydrogen-bond acceptors (Lipinski definition) is 3. The summed E-state index contributed by atoms with van der Waals surface area (Å²) in [4.78, 5) is 12.0. The zero-order valence-corrected chi connectivity index (χ0v) is 13.9. The van der Waals surface area contributed by atoms with Crippen molar-refractivity contribution in [1.29, 1.82) is 0 Å². The van der Waals surface area contributed by atoms with Crippen LogP contribution in [0.3, 0.4) is 0 Å². The second kappa shape index (κ2) is 7.59. The number of hydrogen-bond donors (Lipinski definition) is 2. The van der Waals surface area contributed by atoms with Crippen LogP contribution in [0.1, 0.15) is 52.9 Å². The fourth-order valence-corrected chi connectivity index (χ4v) is 3.64. The standard InChI is InChI=1S/C17H32N2O2/c1-17(2,3)16-14(5-4-10-21-16)12-19-15(20)7-6-13-8-9-18-11-13/h13-14,16,18H,4-12H2,1-3H3,(H,19,20). The van der Waals surface area contributed by atoms with Gasteiger partial charge in [-0.15, -0.1) is 0 Å².